The van der Waals surface area contributed by atoms with E-state index in [-0.39, 0.29) is 23.8 Å². The minimum Gasteiger partial charge on any atom is -0.481 e. The number of carbonyl (C=O) groups is 2. The Bertz CT molecular complexity index is 288. The summed E-state index contributed by atoms with van der Waals surface area (Å²) in [6, 6.07) is 0. The molecular weight excluding hydrogens is 254 g/mol. The number of amides is 1. The molecule has 0 fully saturated rings. The molecule has 0 radical (unpaired) electrons. The summed E-state index contributed by atoms with van der Waals surface area (Å²) in [4.78, 5) is 23.9. The van der Waals surface area contributed by atoms with Crippen molar-refractivity contribution in [2.75, 3.05) is 24.6 Å². The molecule has 0 saturated heterocycles. The van der Waals surface area contributed by atoms with E-state index in [2.05, 4.69) is 0 Å². The van der Waals surface area contributed by atoms with Gasteiger partial charge >= 0.3 is 5.97 Å². The van der Waals surface area contributed by atoms with Gasteiger partial charge < -0.3 is 10.0 Å². The molecule has 0 spiro atoms. The second-order valence-electron chi connectivity index (χ2n) is 4.17. The SMILES string of the molecule is CCCN(CCC)C(=O)CS(=O)CCCC(=O)O. The third kappa shape index (κ3) is 8.22. The smallest absolute Gasteiger partial charge is 0.303 e. The van der Waals surface area contributed by atoms with Crippen molar-refractivity contribution in [1.29, 1.82) is 0 Å². The Hall–Kier alpha value is -0.910. The lowest BCUT2D eigenvalue weighted by molar-refractivity contribution is -0.137. The molecule has 5 nitrogen and oxygen atoms in total. The van der Waals surface area contributed by atoms with Gasteiger partial charge in [0.1, 0.15) is 5.75 Å². The number of carbonyl (C=O) groups excluding carboxylic acids is 1. The summed E-state index contributed by atoms with van der Waals surface area (Å²) >= 11 is 0. The lowest BCUT2D eigenvalue weighted by Gasteiger charge is -2.21. The first-order valence-electron chi connectivity index (χ1n) is 6.35. The van der Waals surface area contributed by atoms with Crippen LogP contribution in [0.25, 0.3) is 0 Å². The third-order valence-corrected chi connectivity index (χ3v) is 3.70. The normalized spacial score (nSPS) is 12.1. The van der Waals surface area contributed by atoms with Crippen LogP contribution in [0.4, 0.5) is 0 Å². The van der Waals surface area contributed by atoms with Crippen LogP contribution in [0.1, 0.15) is 39.5 Å². The molecule has 0 aromatic carbocycles. The molecule has 6 heteroatoms. The van der Waals surface area contributed by atoms with Crippen molar-refractivity contribution >= 4 is 22.7 Å². The minimum absolute atomic E-state index is 0.00750. The Kier molecular flexibility index (Phi) is 9.55. The third-order valence-electron chi connectivity index (χ3n) is 2.39. The van der Waals surface area contributed by atoms with E-state index in [1.54, 1.807) is 4.90 Å². The Morgan fingerprint density at radius 3 is 2.17 bits per heavy atom. The van der Waals surface area contributed by atoms with E-state index in [0.717, 1.165) is 12.8 Å². The molecule has 0 heterocycles. The lowest BCUT2D eigenvalue weighted by Crippen LogP contribution is -2.36. The maximum Gasteiger partial charge on any atom is 0.303 e. The van der Waals surface area contributed by atoms with Gasteiger partial charge in [0.05, 0.1) is 0 Å². The zero-order valence-electron chi connectivity index (χ0n) is 11.2. The van der Waals surface area contributed by atoms with Gasteiger partial charge in [-0.15, -0.1) is 0 Å². The molecule has 18 heavy (non-hydrogen) atoms. The maximum atomic E-state index is 11.8. The van der Waals surface area contributed by atoms with Gasteiger partial charge in [-0.3, -0.25) is 13.8 Å². The van der Waals surface area contributed by atoms with Gasteiger partial charge in [-0.25, -0.2) is 0 Å². The molecule has 106 valence electrons. The van der Waals surface area contributed by atoms with E-state index in [1.807, 2.05) is 13.8 Å². The number of hydrogen-bond acceptors (Lipinski definition) is 3. The Morgan fingerprint density at radius 1 is 1.17 bits per heavy atom. The first-order valence-corrected chi connectivity index (χ1v) is 7.84. The van der Waals surface area contributed by atoms with Crippen molar-refractivity contribution < 1.29 is 18.9 Å². The van der Waals surface area contributed by atoms with E-state index in [4.69, 9.17) is 5.11 Å². The number of rotatable bonds is 10. The summed E-state index contributed by atoms with van der Waals surface area (Å²) in [5, 5.41) is 8.46. The van der Waals surface area contributed by atoms with E-state index in [9.17, 15) is 13.8 Å². The van der Waals surface area contributed by atoms with Crippen LogP contribution < -0.4 is 0 Å². The van der Waals surface area contributed by atoms with E-state index >= 15 is 0 Å². The maximum absolute atomic E-state index is 11.8. The van der Waals surface area contributed by atoms with Crippen LogP contribution in [-0.2, 0) is 20.4 Å². The molecule has 0 aliphatic rings. The number of aliphatic carboxylic acids is 1. The summed E-state index contributed by atoms with van der Waals surface area (Å²) < 4.78 is 11.6. The zero-order valence-corrected chi connectivity index (χ0v) is 12.0. The fourth-order valence-corrected chi connectivity index (χ4v) is 2.66. The van der Waals surface area contributed by atoms with Gasteiger partial charge in [0, 0.05) is 36.1 Å². The van der Waals surface area contributed by atoms with Crippen molar-refractivity contribution in [3.8, 4) is 0 Å². The highest BCUT2D eigenvalue weighted by Crippen LogP contribution is 1.99. The van der Waals surface area contributed by atoms with Crippen molar-refractivity contribution in [1.82, 2.24) is 4.90 Å². The quantitative estimate of drug-likeness (QED) is 0.652. The molecule has 1 amide bonds. The lowest BCUT2D eigenvalue weighted by atomic mass is 10.3. The summed E-state index contributed by atoms with van der Waals surface area (Å²) in [7, 11) is -1.25. The van der Waals surface area contributed by atoms with Crippen LogP contribution in [0.5, 0.6) is 0 Å². The molecule has 0 bridgehead atoms. The second-order valence-corrected chi connectivity index (χ2v) is 5.74. The second kappa shape index (κ2) is 10.1. The highest BCUT2D eigenvalue weighted by Gasteiger charge is 2.15. The van der Waals surface area contributed by atoms with Crippen LogP contribution in [0.3, 0.4) is 0 Å². The minimum atomic E-state index is -1.25. The van der Waals surface area contributed by atoms with Crippen LogP contribution in [0, 0.1) is 0 Å². The van der Waals surface area contributed by atoms with Crippen molar-refractivity contribution in [3.63, 3.8) is 0 Å². The predicted molar refractivity (Wildman–Crippen MR) is 71.9 cm³/mol. The predicted octanol–water partition coefficient (Wildman–Crippen LogP) is 1.25. The molecule has 0 aromatic heterocycles. The first kappa shape index (κ1) is 17.1. The molecule has 0 aromatic rings. The van der Waals surface area contributed by atoms with Gasteiger partial charge in [0.2, 0.25) is 5.91 Å². The fourth-order valence-electron chi connectivity index (χ4n) is 1.59. The Morgan fingerprint density at radius 2 is 1.72 bits per heavy atom. The topological polar surface area (TPSA) is 74.7 Å². The number of hydrogen-bond donors (Lipinski definition) is 1. The molecule has 1 unspecified atom stereocenters. The standard InChI is InChI=1S/C12H23NO4S/c1-3-7-13(8-4-2)11(14)10-18(17)9-5-6-12(15)16/h3-10H2,1-2H3,(H,15,16). The molecule has 1 atom stereocenters. The highest BCUT2D eigenvalue weighted by atomic mass is 32.2. The average molecular weight is 277 g/mol. The summed E-state index contributed by atoms with van der Waals surface area (Å²) in [5.41, 5.74) is 0. The van der Waals surface area contributed by atoms with Gasteiger partial charge in [0.15, 0.2) is 0 Å². The summed E-state index contributed by atoms with van der Waals surface area (Å²) in [6.07, 6.45) is 2.14. The average Bonchev–Trinajstić information content (AvgIpc) is 2.28. The number of nitrogens with zero attached hydrogens (tertiary/aromatic N) is 1. The number of carboxylic acids is 1. The molecule has 0 rings (SSSR count). The van der Waals surface area contributed by atoms with Crippen LogP contribution in [-0.4, -0.2) is 50.7 Å². The monoisotopic (exact) mass is 277 g/mol. The Labute approximate surface area is 111 Å². The van der Waals surface area contributed by atoms with E-state index in [1.165, 1.54) is 0 Å². The molecule has 0 aliphatic carbocycles. The van der Waals surface area contributed by atoms with Gasteiger partial charge in [-0.1, -0.05) is 13.8 Å². The molecule has 1 N–H and O–H groups in total. The van der Waals surface area contributed by atoms with E-state index in [0.29, 0.717) is 19.5 Å². The van der Waals surface area contributed by atoms with Gasteiger partial charge in [-0.2, -0.15) is 0 Å². The zero-order chi connectivity index (χ0) is 14.0. The van der Waals surface area contributed by atoms with Gasteiger partial charge in [0.25, 0.3) is 0 Å². The highest BCUT2D eigenvalue weighted by molar-refractivity contribution is 7.85. The van der Waals surface area contributed by atoms with Crippen LogP contribution in [0.2, 0.25) is 0 Å². The van der Waals surface area contributed by atoms with Crippen LogP contribution >= 0.6 is 0 Å². The fraction of sp³-hybridized carbons (Fsp3) is 0.833. The van der Waals surface area contributed by atoms with Crippen LogP contribution in [0.15, 0.2) is 0 Å². The van der Waals surface area contributed by atoms with Crippen molar-refractivity contribution in [2.45, 2.75) is 39.5 Å². The summed E-state index contributed by atoms with van der Waals surface area (Å²) in [6.45, 7) is 5.39. The van der Waals surface area contributed by atoms with Gasteiger partial charge in [-0.05, 0) is 19.3 Å². The number of carboxylic acid groups (broad SMARTS) is 1. The molecular formula is C12H23NO4S. The molecule has 0 saturated carbocycles. The first-order chi connectivity index (χ1) is 8.51. The van der Waals surface area contributed by atoms with Crippen molar-refractivity contribution in [3.05, 3.63) is 0 Å². The largest absolute Gasteiger partial charge is 0.481 e. The Balaban J connectivity index is 4.02. The van der Waals surface area contributed by atoms with Crippen molar-refractivity contribution in [2.24, 2.45) is 0 Å². The van der Waals surface area contributed by atoms with E-state index < -0.39 is 16.8 Å². The summed E-state index contributed by atoms with van der Waals surface area (Å²) in [5.74, 6) is -0.687. The molecule has 0 aliphatic heterocycles.